The van der Waals surface area contributed by atoms with Crippen molar-refractivity contribution in [3.63, 3.8) is 0 Å². The van der Waals surface area contributed by atoms with Crippen molar-refractivity contribution in [2.45, 2.75) is 6.54 Å². The topological polar surface area (TPSA) is 65.1 Å². The average Bonchev–Trinajstić information content (AvgIpc) is 2.92. The maximum atomic E-state index is 12.3. The van der Waals surface area contributed by atoms with Crippen molar-refractivity contribution in [2.24, 2.45) is 0 Å². The van der Waals surface area contributed by atoms with E-state index < -0.39 is 4.92 Å². The SMILES string of the molecule is O=c1c2ccsc2ccn1Cc1ccc(Br)cc1[N+](=O)[O-]. The number of halogens is 1. The first-order valence-corrected chi connectivity index (χ1v) is 7.73. The monoisotopic (exact) mass is 364 g/mol. The van der Waals surface area contributed by atoms with Crippen LogP contribution < -0.4 is 5.56 Å². The van der Waals surface area contributed by atoms with Crippen LogP contribution in [-0.4, -0.2) is 9.49 Å². The van der Waals surface area contributed by atoms with Gasteiger partial charge in [0.2, 0.25) is 0 Å². The number of nitro groups is 1. The zero-order valence-electron chi connectivity index (χ0n) is 10.7. The van der Waals surface area contributed by atoms with Gasteiger partial charge in [0.1, 0.15) is 0 Å². The Morgan fingerprint density at radius 2 is 2.10 bits per heavy atom. The molecule has 0 atom stereocenters. The third-order valence-electron chi connectivity index (χ3n) is 3.18. The molecule has 5 nitrogen and oxygen atoms in total. The Morgan fingerprint density at radius 3 is 2.86 bits per heavy atom. The zero-order chi connectivity index (χ0) is 15.0. The van der Waals surface area contributed by atoms with E-state index in [4.69, 9.17) is 0 Å². The second-order valence-electron chi connectivity index (χ2n) is 4.48. The smallest absolute Gasteiger partial charge is 0.275 e. The fourth-order valence-electron chi connectivity index (χ4n) is 2.16. The summed E-state index contributed by atoms with van der Waals surface area (Å²) in [5.74, 6) is 0. The number of benzene rings is 1. The molecule has 1 aromatic carbocycles. The van der Waals surface area contributed by atoms with Gasteiger partial charge in [-0.2, -0.15) is 0 Å². The van der Waals surface area contributed by atoms with E-state index in [0.29, 0.717) is 15.4 Å². The first kappa shape index (κ1) is 14.0. The highest BCUT2D eigenvalue weighted by Crippen LogP contribution is 2.24. The van der Waals surface area contributed by atoms with Crippen molar-refractivity contribution < 1.29 is 4.92 Å². The van der Waals surface area contributed by atoms with Crippen molar-refractivity contribution in [3.8, 4) is 0 Å². The van der Waals surface area contributed by atoms with Gasteiger partial charge in [0, 0.05) is 27.0 Å². The van der Waals surface area contributed by atoms with Crippen LogP contribution in [0.1, 0.15) is 5.56 Å². The number of rotatable bonds is 3. The summed E-state index contributed by atoms with van der Waals surface area (Å²) in [5, 5.41) is 13.6. The van der Waals surface area contributed by atoms with E-state index in [-0.39, 0.29) is 17.8 Å². The number of pyridine rings is 1. The minimum absolute atomic E-state index is 0.00157. The van der Waals surface area contributed by atoms with E-state index >= 15 is 0 Å². The van der Waals surface area contributed by atoms with Crippen LogP contribution in [0.3, 0.4) is 0 Å². The molecular weight excluding hydrogens is 356 g/mol. The lowest BCUT2D eigenvalue weighted by Crippen LogP contribution is -2.19. The molecule has 21 heavy (non-hydrogen) atoms. The Morgan fingerprint density at radius 1 is 1.29 bits per heavy atom. The van der Waals surface area contributed by atoms with Crippen LogP contribution in [0, 0.1) is 10.1 Å². The molecular formula is C14H9BrN2O3S. The number of fused-ring (bicyclic) bond motifs is 1. The number of hydrogen-bond donors (Lipinski definition) is 0. The summed E-state index contributed by atoms with van der Waals surface area (Å²) in [7, 11) is 0. The molecule has 3 aromatic rings. The summed E-state index contributed by atoms with van der Waals surface area (Å²) in [6.45, 7) is 0.175. The van der Waals surface area contributed by atoms with Crippen LogP contribution >= 0.6 is 27.3 Å². The summed E-state index contributed by atoms with van der Waals surface area (Å²) < 4.78 is 3.05. The Hall–Kier alpha value is -1.99. The standard InChI is InChI=1S/C14H9BrN2O3S/c15-10-2-1-9(12(7-10)17(19)20)8-16-5-3-13-11(14(16)18)4-6-21-13/h1-7H,8H2. The molecule has 2 aromatic heterocycles. The highest BCUT2D eigenvalue weighted by molar-refractivity contribution is 9.10. The summed E-state index contributed by atoms with van der Waals surface area (Å²) in [4.78, 5) is 23.0. The van der Waals surface area contributed by atoms with Crippen molar-refractivity contribution in [1.82, 2.24) is 4.57 Å². The molecule has 106 valence electrons. The number of nitro benzene ring substituents is 1. The Bertz CT molecular complexity index is 901. The average molecular weight is 365 g/mol. The van der Waals surface area contributed by atoms with Crippen LogP contribution in [0.5, 0.6) is 0 Å². The summed E-state index contributed by atoms with van der Waals surface area (Å²) >= 11 is 4.72. The molecule has 0 fully saturated rings. The van der Waals surface area contributed by atoms with E-state index in [9.17, 15) is 14.9 Å². The Kier molecular flexibility index (Phi) is 3.60. The van der Waals surface area contributed by atoms with Gasteiger partial charge >= 0.3 is 0 Å². The number of hydrogen-bond acceptors (Lipinski definition) is 4. The van der Waals surface area contributed by atoms with Gasteiger partial charge in [-0.15, -0.1) is 11.3 Å². The predicted octanol–water partition coefficient (Wildman–Crippen LogP) is 3.78. The van der Waals surface area contributed by atoms with Crippen LogP contribution in [-0.2, 0) is 6.54 Å². The van der Waals surface area contributed by atoms with Crippen LogP contribution in [0.25, 0.3) is 10.1 Å². The van der Waals surface area contributed by atoms with Crippen molar-refractivity contribution in [2.75, 3.05) is 0 Å². The minimum Gasteiger partial charge on any atom is -0.310 e. The molecule has 0 saturated heterocycles. The lowest BCUT2D eigenvalue weighted by atomic mass is 10.1. The molecule has 0 aliphatic rings. The predicted molar refractivity (Wildman–Crippen MR) is 86.0 cm³/mol. The minimum atomic E-state index is -0.436. The van der Waals surface area contributed by atoms with Gasteiger partial charge < -0.3 is 4.57 Å². The van der Waals surface area contributed by atoms with E-state index in [0.717, 1.165) is 4.70 Å². The normalized spacial score (nSPS) is 10.9. The summed E-state index contributed by atoms with van der Waals surface area (Å²) in [5.41, 5.74) is 0.368. The maximum Gasteiger partial charge on any atom is 0.275 e. The third-order valence-corrected chi connectivity index (χ3v) is 4.55. The fraction of sp³-hybridized carbons (Fsp3) is 0.0714. The number of thiophene rings is 1. The maximum absolute atomic E-state index is 12.3. The van der Waals surface area contributed by atoms with E-state index in [1.807, 2.05) is 11.4 Å². The van der Waals surface area contributed by atoms with E-state index in [2.05, 4.69) is 15.9 Å². The third kappa shape index (κ3) is 2.62. The fourth-order valence-corrected chi connectivity index (χ4v) is 3.28. The van der Waals surface area contributed by atoms with E-state index in [1.54, 1.807) is 24.4 Å². The second-order valence-corrected chi connectivity index (χ2v) is 6.34. The van der Waals surface area contributed by atoms with Crippen LogP contribution in [0.2, 0.25) is 0 Å². The first-order chi connectivity index (χ1) is 10.1. The Balaban J connectivity index is 2.08. The largest absolute Gasteiger partial charge is 0.310 e. The molecule has 0 saturated carbocycles. The molecule has 7 heteroatoms. The van der Waals surface area contributed by atoms with Crippen molar-refractivity contribution in [1.29, 1.82) is 0 Å². The molecule has 0 bridgehead atoms. The molecule has 3 rings (SSSR count). The first-order valence-electron chi connectivity index (χ1n) is 6.06. The number of nitrogens with zero attached hydrogens (tertiary/aromatic N) is 2. The molecule has 2 heterocycles. The van der Waals surface area contributed by atoms with Gasteiger partial charge in [-0.05, 0) is 29.6 Å². The molecule has 0 amide bonds. The summed E-state index contributed by atoms with van der Waals surface area (Å²) in [6, 6.07) is 8.47. The zero-order valence-corrected chi connectivity index (χ0v) is 13.1. The lowest BCUT2D eigenvalue weighted by Gasteiger charge is -2.07. The van der Waals surface area contributed by atoms with Crippen LogP contribution in [0.15, 0.2) is 51.2 Å². The lowest BCUT2D eigenvalue weighted by molar-refractivity contribution is -0.385. The quantitative estimate of drug-likeness (QED) is 0.524. The Labute approximate surface area is 131 Å². The van der Waals surface area contributed by atoms with Gasteiger partial charge in [-0.25, -0.2) is 0 Å². The molecule has 0 aliphatic heterocycles. The molecule has 0 unspecified atom stereocenters. The molecule has 0 aliphatic carbocycles. The van der Waals surface area contributed by atoms with Gasteiger partial charge in [0.25, 0.3) is 11.2 Å². The van der Waals surface area contributed by atoms with Gasteiger partial charge in [0.05, 0.1) is 16.9 Å². The second kappa shape index (κ2) is 5.42. The number of aromatic nitrogens is 1. The van der Waals surface area contributed by atoms with E-state index in [1.165, 1.54) is 22.0 Å². The van der Waals surface area contributed by atoms with Crippen molar-refractivity contribution >= 4 is 43.0 Å². The van der Waals surface area contributed by atoms with Gasteiger partial charge in [-0.3, -0.25) is 14.9 Å². The highest BCUT2D eigenvalue weighted by Gasteiger charge is 2.15. The van der Waals surface area contributed by atoms with Gasteiger partial charge in [-0.1, -0.05) is 15.9 Å². The van der Waals surface area contributed by atoms with Crippen molar-refractivity contribution in [3.05, 3.63) is 72.4 Å². The van der Waals surface area contributed by atoms with Crippen LogP contribution in [0.4, 0.5) is 5.69 Å². The molecule has 0 N–H and O–H groups in total. The molecule has 0 radical (unpaired) electrons. The molecule has 0 spiro atoms. The highest BCUT2D eigenvalue weighted by atomic mass is 79.9. The summed E-state index contributed by atoms with van der Waals surface area (Å²) in [6.07, 6.45) is 1.67. The van der Waals surface area contributed by atoms with Gasteiger partial charge in [0.15, 0.2) is 0 Å².